The lowest BCUT2D eigenvalue weighted by molar-refractivity contribution is 0.302. The molecule has 0 aliphatic carbocycles. The standard InChI is InChI=1S/C14H23NO3S/c1-4-12(5-2)15-10-11-18-13-6-8-14(9-7-13)19(3,16)17/h6-9,12,15H,4-5,10-11H2,1-3H3. The second-order valence-corrected chi connectivity index (χ2v) is 6.58. The first-order valence-corrected chi connectivity index (χ1v) is 8.52. The van der Waals surface area contributed by atoms with Gasteiger partial charge < -0.3 is 10.1 Å². The van der Waals surface area contributed by atoms with E-state index in [9.17, 15) is 8.42 Å². The summed E-state index contributed by atoms with van der Waals surface area (Å²) in [6.45, 7) is 5.69. The summed E-state index contributed by atoms with van der Waals surface area (Å²) >= 11 is 0. The third-order valence-corrected chi connectivity index (χ3v) is 4.17. The van der Waals surface area contributed by atoms with E-state index < -0.39 is 9.84 Å². The highest BCUT2D eigenvalue weighted by Crippen LogP contribution is 2.15. The maximum Gasteiger partial charge on any atom is 0.175 e. The van der Waals surface area contributed by atoms with E-state index in [1.807, 2.05) is 0 Å². The van der Waals surface area contributed by atoms with Crippen molar-refractivity contribution in [2.45, 2.75) is 37.6 Å². The molecule has 1 rings (SSSR count). The van der Waals surface area contributed by atoms with Crippen molar-refractivity contribution in [1.29, 1.82) is 0 Å². The number of ether oxygens (including phenoxy) is 1. The molecular formula is C14H23NO3S. The third kappa shape index (κ3) is 5.61. The first kappa shape index (κ1) is 16.0. The van der Waals surface area contributed by atoms with Gasteiger partial charge in [0.05, 0.1) is 4.90 Å². The van der Waals surface area contributed by atoms with Crippen LogP contribution < -0.4 is 10.1 Å². The number of rotatable bonds is 8. The Balaban J connectivity index is 2.38. The predicted octanol–water partition coefficient (Wildman–Crippen LogP) is 2.25. The second kappa shape index (κ2) is 7.50. The van der Waals surface area contributed by atoms with E-state index in [2.05, 4.69) is 19.2 Å². The van der Waals surface area contributed by atoms with Crippen LogP contribution in [0.5, 0.6) is 5.75 Å². The Morgan fingerprint density at radius 1 is 1.16 bits per heavy atom. The molecule has 0 radical (unpaired) electrons. The first-order chi connectivity index (χ1) is 8.97. The van der Waals surface area contributed by atoms with Crippen molar-refractivity contribution < 1.29 is 13.2 Å². The van der Waals surface area contributed by atoms with Crippen LogP contribution in [0.1, 0.15) is 26.7 Å². The quantitative estimate of drug-likeness (QED) is 0.744. The van der Waals surface area contributed by atoms with Crippen molar-refractivity contribution in [3.05, 3.63) is 24.3 Å². The minimum absolute atomic E-state index is 0.315. The van der Waals surface area contributed by atoms with Crippen molar-refractivity contribution in [1.82, 2.24) is 5.32 Å². The summed E-state index contributed by atoms with van der Waals surface area (Å²) in [5.74, 6) is 0.693. The molecule has 0 spiro atoms. The number of nitrogens with one attached hydrogen (secondary N) is 1. The maximum atomic E-state index is 11.3. The van der Waals surface area contributed by atoms with Crippen molar-refractivity contribution in [3.63, 3.8) is 0 Å². The number of sulfone groups is 1. The fraction of sp³-hybridized carbons (Fsp3) is 0.571. The number of benzene rings is 1. The molecule has 1 aromatic carbocycles. The van der Waals surface area contributed by atoms with Crippen LogP contribution in [-0.2, 0) is 9.84 Å². The Hall–Kier alpha value is -1.07. The largest absolute Gasteiger partial charge is 0.492 e. The average Bonchev–Trinajstić information content (AvgIpc) is 2.38. The predicted molar refractivity (Wildman–Crippen MR) is 77.4 cm³/mol. The zero-order valence-electron chi connectivity index (χ0n) is 11.8. The van der Waals surface area contributed by atoms with Crippen LogP contribution in [0, 0.1) is 0 Å². The van der Waals surface area contributed by atoms with E-state index in [0.717, 1.165) is 19.4 Å². The summed E-state index contributed by atoms with van der Waals surface area (Å²) < 4.78 is 28.1. The summed E-state index contributed by atoms with van der Waals surface area (Å²) in [5.41, 5.74) is 0. The monoisotopic (exact) mass is 285 g/mol. The Morgan fingerprint density at radius 2 is 1.74 bits per heavy atom. The minimum atomic E-state index is -3.13. The van der Waals surface area contributed by atoms with Crippen LogP contribution in [0.2, 0.25) is 0 Å². The molecule has 5 heteroatoms. The van der Waals surface area contributed by atoms with Crippen molar-refractivity contribution in [2.24, 2.45) is 0 Å². The topological polar surface area (TPSA) is 55.4 Å². The smallest absolute Gasteiger partial charge is 0.175 e. The SMILES string of the molecule is CCC(CC)NCCOc1ccc(S(C)(=O)=O)cc1. The van der Waals surface area contributed by atoms with Crippen LogP contribution in [-0.4, -0.2) is 33.9 Å². The van der Waals surface area contributed by atoms with Crippen LogP contribution in [0.4, 0.5) is 0 Å². The normalized spacial score (nSPS) is 11.8. The molecule has 0 unspecified atom stereocenters. The van der Waals surface area contributed by atoms with Gasteiger partial charge in [0.25, 0.3) is 0 Å². The Bertz CT molecular complexity index is 464. The molecule has 0 saturated carbocycles. The minimum Gasteiger partial charge on any atom is -0.492 e. The first-order valence-electron chi connectivity index (χ1n) is 6.63. The van der Waals surface area contributed by atoms with Crippen LogP contribution >= 0.6 is 0 Å². The van der Waals surface area contributed by atoms with Gasteiger partial charge in [0.1, 0.15) is 12.4 Å². The maximum absolute atomic E-state index is 11.3. The van der Waals surface area contributed by atoms with Gasteiger partial charge >= 0.3 is 0 Å². The number of hydrogen-bond donors (Lipinski definition) is 1. The summed E-state index contributed by atoms with van der Waals surface area (Å²) in [5, 5.41) is 3.40. The lowest BCUT2D eigenvalue weighted by Gasteiger charge is -2.14. The van der Waals surface area contributed by atoms with Gasteiger partial charge in [0, 0.05) is 18.8 Å². The van der Waals surface area contributed by atoms with Gasteiger partial charge in [-0.25, -0.2) is 8.42 Å². The van der Waals surface area contributed by atoms with Crippen molar-refractivity contribution in [3.8, 4) is 5.75 Å². The van der Waals surface area contributed by atoms with Gasteiger partial charge in [-0.05, 0) is 37.1 Å². The van der Waals surface area contributed by atoms with Gasteiger partial charge in [-0.3, -0.25) is 0 Å². The fourth-order valence-electron chi connectivity index (χ4n) is 1.79. The van der Waals surface area contributed by atoms with Gasteiger partial charge in [0.2, 0.25) is 0 Å². The average molecular weight is 285 g/mol. The molecule has 108 valence electrons. The molecule has 0 amide bonds. The molecule has 0 bridgehead atoms. The molecule has 4 nitrogen and oxygen atoms in total. The molecule has 0 heterocycles. The molecule has 1 N–H and O–H groups in total. The van der Waals surface area contributed by atoms with Gasteiger partial charge in [-0.1, -0.05) is 13.8 Å². The van der Waals surface area contributed by atoms with E-state index in [-0.39, 0.29) is 0 Å². The Kier molecular flexibility index (Phi) is 6.31. The summed E-state index contributed by atoms with van der Waals surface area (Å²) in [6, 6.07) is 7.05. The highest BCUT2D eigenvalue weighted by Gasteiger charge is 2.06. The summed E-state index contributed by atoms with van der Waals surface area (Å²) in [4.78, 5) is 0.315. The third-order valence-electron chi connectivity index (χ3n) is 3.04. The van der Waals surface area contributed by atoms with E-state index in [4.69, 9.17) is 4.74 Å². The lowest BCUT2D eigenvalue weighted by Crippen LogP contribution is -2.31. The molecular weight excluding hydrogens is 262 g/mol. The van der Waals surface area contributed by atoms with Crippen LogP contribution in [0.15, 0.2) is 29.2 Å². The molecule has 0 aliphatic heterocycles. The van der Waals surface area contributed by atoms with Gasteiger partial charge in [-0.15, -0.1) is 0 Å². The Labute approximate surface area is 116 Å². The van der Waals surface area contributed by atoms with E-state index in [0.29, 0.717) is 23.3 Å². The Morgan fingerprint density at radius 3 is 2.21 bits per heavy atom. The highest BCUT2D eigenvalue weighted by molar-refractivity contribution is 7.90. The van der Waals surface area contributed by atoms with Crippen molar-refractivity contribution >= 4 is 9.84 Å². The molecule has 0 saturated heterocycles. The second-order valence-electron chi connectivity index (χ2n) is 4.56. The zero-order valence-corrected chi connectivity index (χ0v) is 12.7. The molecule has 0 atom stereocenters. The molecule has 0 aromatic heterocycles. The van der Waals surface area contributed by atoms with E-state index in [1.54, 1.807) is 24.3 Å². The highest BCUT2D eigenvalue weighted by atomic mass is 32.2. The summed E-state index contributed by atoms with van der Waals surface area (Å²) in [7, 11) is -3.13. The fourth-order valence-corrected chi connectivity index (χ4v) is 2.42. The molecule has 0 fully saturated rings. The summed E-state index contributed by atoms with van der Waals surface area (Å²) in [6.07, 6.45) is 3.42. The molecule has 1 aromatic rings. The van der Waals surface area contributed by atoms with Crippen LogP contribution in [0.3, 0.4) is 0 Å². The lowest BCUT2D eigenvalue weighted by atomic mass is 10.2. The van der Waals surface area contributed by atoms with Crippen LogP contribution in [0.25, 0.3) is 0 Å². The van der Waals surface area contributed by atoms with E-state index >= 15 is 0 Å². The van der Waals surface area contributed by atoms with Crippen molar-refractivity contribution in [2.75, 3.05) is 19.4 Å². The number of hydrogen-bond acceptors (Lipinski definition) is 4. The molecule has 19 heavy (non-hydrogen) atoms. The van der Waals surface area contributed by atoms with E-state index in [1.165, 1.54) is 6.26 Å². The zero-order chi connectivity index (χ0) is 14.3. The van der Waals surface area contributed by atoms with Gasteiger partial charge in [-0.2, -0.15) is 0 Å². The molecule has 0 aliphatic rings. The van der Waals surface area contributed by atoms with Gasteiger partial charge in [0.15, 0.2) is 9.84 Å².